The van der Waals surface area contributed by atoms with Gasteiger partial charge in [0.2, 0.25) is 0 Å². The molecule has 1 aromatic carbocycles. The Morgan fingerprint density at radius 2 is 2.00 bits per heavy atom. The smallest absolute Gasteiger partial charge is 0.251 e. The van der Waals surface area contributed by atoms with Gasteiger partial charge in [0, 0.05) is 24.5 Å². The van der Waals surface area contributed by atoms with Gasteiger partial charge in [-0.1, -0.05) is 11.6 Å². The van der Waals surface area contributed by atoms with Gasteiger partial charge in [-0.25, -0.2) is 0 Å². The van der Waals surface area contributed by atoms with E-state index in [1.54, 1.807) is 31.6 Å². The summed E-state index contributed by atoms with van der Waals surface area (Å²) in [6.45, 7) is 2.36. The molecule has 1 aromatic heterocycles. The third kappa shape index (κ3) is 4.34. The number of hydrogen-bond donors (Lipinski definition) is 1. The van der Waals surface area contributed by atoms with Crippen LogP contribution >= 0.6 is 24.0 Å². The van der Waals surface area contributed by atoms with Gasteiger partial charge in [0.1, 0.15) is 5.75 Å². The molecule has 6 heteroatoms. The number of hydrogen-bond acceptors (Lipinski definition) is 3. The largest absolute Gasteiger partial charge is 0.495 e. The number of pyridine rings is 1. The molecule has 0 atom stereocenters. The standard InChI is InChI=1S/C15H15ClN2O2.ClH/c1-10-7-14(20-2)13(16)8-12(10)9-18-15(19)11-3-5-17-6-4-11;/h3-8H,9H2,1-2H3,(H,18,19);1H. The van der Waals surface area contributed by atoms with Crippen LogP contribution in [-0.2, 0) is 6.54 Å². The Balaban J connectivity index is 0.00000220. The molecule has 0 aliphatic rings. The molecule has 1 N–H and O–H groups in total. The number of nitrogens with one attached hydrogen (secondary N) is 1. The molecule has 2 rings (SSSR count). The van der Waals surface area contributed by atoms with Gasteiger partial charge in [0.15, 0.2) is 0 Å². The van der Waals surface area contributed by atoms with Crippen molar-refractivity contribution in [3.8, 4) is 5.75 Å². The summed E-state index contributed by atoms with van der Waals surface area (Å²) in [4.78, 5) is 15.8. The first-order valence-corrected chi connectivity index (χ1v) is 6.51. The van der Waals surface area contributed by atoms with Crippen molar-refractivity contribution in [3.05, 3.63) is 58.4 Å². The number of amides is 1. The lowest BCUT2D eigenvalue weighted by Gasteiger charge is -2.11. The lowest BCUT2D eigenvalue weighted by atomic mass is 10.1. The molecule has 4 nitrogen and oxygen atoms in total. The molecule has 1 heterocycles. The third-order valence-electron chi connectivity index (χ3n) is 2.99. The minimum absolute atomic E-state index is 0. The third-order valence-corrected chi connectivity index (χ3v) is 3.29. The van der Waals surface area contributed by atoms with Crippen molar-refractivity contribution < 1.29 is 9.53 Å². The van der Waals surface area contributed by atoms with E-state index in [1.165, 1.54) is 0 Å². The summed E-state index contributed by atoms with van der Waals surface area (Å²) in [5.74, 6) is 0.493. The molecular formula is C15H16Cl2N2O2. The molecule has 112 valence electrons. The van der Waals surface area contributed by atoms with E-state index in [4.69, 9.17) is 16.3 Å². The molecule has 0 aliphatic heterocycles. The summed E-state index contributed by atoms with van der Waals surface area (Å²) in [6, 6.07) is 7.01. The quantitative estimate of drug-likeness (QED) is 0.936. The van der Waals surface area contributed by atoms with Crippen LogP contribution in [0.25, 0.3) is 0 Å². The zero-order chi connectivity index (χ0) is 14.5. The predicted octanol–water partition coefficient (Wildman–Crippen LogP) is 3.40. The first-order valence-electron chi connectivity index (χ1n) is 6.13. The minimum Gasteiger partial charge on any atom is -0.495 e. The van der Waals surface area contributed by atoms with Crippen LogP contribution < -0.4 is 10.1 Å². The summed E-state index contributed by atoms with van der Waals surface area (Å²) >= 11 is 6.09. The van der Waals surface area contributed by atoms with Gasteiger partial charge in [-0.2, -0.15) is 0 Å². The monoisotopic (exact) mass is 326 g/mol. The second-order valence-electron chi connectivity index (χ2n) is 4.33. The maximum Gasteiger partial charge on any atom is 0.251 e. The molecule has 0 bridgehead atoms. The first kappa shape index (κ1) is 17.3. The van der Waals surface area contributed by atoms with Crippen LogP contribution in [-0.4, -0.2) is 18.0 Å². The fourth-order valence-corrected chi connectivity index (χ4v) is 2.09. The summed E-state index contributed by atoms with van der Waals surface area (Å²) < 4.78 is 5.15. The van der Waals surface area contributed by atoms with E-state index in [9.17, 15) is 4.79 Å². The highest BCUT2D eigenvalue weighted by Gasteiger charge is 2.09. The van der Waals surface area contributed by atoms with Crippen LogP contribution in [0.2, 0.25) is 5.02 Å². The zero-order valence-electron chi connectivity index (χ0n) is 11.7. The molecule has 1 amide bonds. The summed E-state index contributed by atoms with van der Waals surface area (Å²) in [5, 5.41) is 3.39. The van der Waals surface area contributed by atoms with Crippen molar-refractivity contribution in [2.45, 2.75) is 13.5 Å². The van der Waals surface area contributed by atoms with E-state index in [1.807, 2.05) is 19.1 Å². The Morgan fingerprint density at radius 3 is 2.62 bits per heavy atom. The SMILES string of the molecule is COc1cc(C)c(CNC(=O)c2ccncc2)cc1Cl.Cl. The van der Waals surface area contributed by atoms with E-state index < -0.39 is 0 Å². The molecule has 2 aromatic rings. The maximum absolute atomic E-state index is 11.9. The second-order valence-corrected chi connectivity index (χ2v) is 4.74. The van der Waals surface area contributed by atoms with Gasteiger partial charge in [-0.3, -0.25) is 9.78 Å². The Bertz CT molecular complexity index is 619. The van der Waals surface area contributed by atoms with Gasteiger partial charge in [-0.15, -0.1) is 12.4 Å². The van der Waals surface area contributed by atoms with Crippen LogP contribution in [0.1, 0.15) is 21.5 Å². The van der Waals surface area contributed by atoms with E-state index in [2.05, 4.69) is 10.3 Å². The van der Waals surface area contributed by atoms with Crippen LogP contribution in [0.15, 0.2) is 36.7 Å². The molecule has 0 aliphatic carbocycles. The van der Waals surface area contributed by atoms with Crippen LogP contribution in [0, 0.1) is 6.92 Å². The molecule has 0 unspecified atom stereocenters. The van der Waals surface area contributed by atoms with Gasteiger partial charge in [-0.05, 0) is 42.3 Å². The van der Waals surface area contributed by atoms with Gasteiger partial charge in [0.25, 0.3) is 5.91 Å². The normalized spacial score (nSPS) is 9.67. The molecular weight excluding hydrogens is 311 g/mol. The van der Waals surface area contributed by atoms with Crippen LogP contribution in [0.3, 0.4) is 0 Å². The summed E-state index contributed by atoms with van der Waals surface area (Å²) in [6.07, 6.45) is 3.18. The average molecular weight is 327 g/mol. The number of benzene rings is 1. The number of rotatable bonds is 4. The van der Waals surface area contributed by atoms with Gasteiger partial charge < -0.3 is 10.1 Å². The van der Waals surface area contributed by atoms with Crippen molar-refractivity contribution in [1.82, 2.24) is 10.3 Å². The number of halogens is 2. The number of methoxy groups -OCH3 is 1. The average Bonchev–Trinajstić information content (AvgIpc) is 2.48. The number of aromatic nitrogens is 1. The summed E-state index contributed by atoms with van der Waals surface area (Å²) in [5.41, 5.74) is 2.55. The second kappa shape index (κ2) is 7.86. The number of aryl methyl sites for hydroxylation is 1. The lowest BCUT2D eigenvalue weighted by Crippen LogP contribution is -2.23. The molecule has 0 saturated heterocycles. The van der Waals surface area contributed by atoms with Crippen molar-refractivity contribution in [2.24, 2.45) is 0 Å². The number of nitrogens with zero attached hydrogens (tertiary/aromatic N) is 1. The van der Waals surface area contributed by atoms with E-state index in [0.29, 0.717) is 22.9 Å². The van der Waals surface area contributed by atoms with Crippen LogP contribution in [0.4, 0.5) is 0 Å². The Kier molecular flexibility index (Phi) is 6.46. The lowest BCUT2D eigenvalue weighted by molar-refractivity contribution is 0.0951. The number of carbonyl (C=O) groups is 1. The summed E-state index contributed by atoms with van der Waals surface area (Å²) in [7, 11) is 1.57. The van der Waals surface area contributed by atoms with Gasteiger partial charge in [0.05, 0.1) is 12.1 Å². The van der Waals surface area contributed by atoms with Crippen LogP contribution in [0.5, 0.6) is 5.75 Å². The van der Waals surface area contributed by atoms with Crippen molar-refractivity contribution in [1.29, 1.82) is 0 Å². The van der Waals surface area contributed by atoms with Gasteiger partial charge >= 0.3 is 0 Å². The Morgan fingerprint density at radius 1 is 1.33 bits per heavy atom. The molecule has 0 fully saturated rings. The van der Waals surface area contributed by atoms with E-state index in [-0.39, 0.29) is 18.3 Å². The van der Waals surface area contributed by atoms with Crippen molar-refractivity contribution >= 4 is 29.9 Å². The van der Waals surface area contributed by atoms with Crippen molar-refractivity contribution in [2.75, 3.05) is 7.11 Å². The molecule has 0 radical (unpaired) electrons. The fraction of sp³-hybridized carbons (Fsp3) is 0.200. The fourth-order valence-electron chi connectivity index (χ4n) is 1.82. The molecule has 21 heavy (non-hydrogen) atoms. The number of ether oxygens (including phenoxy) is 1. The Hall–Kier alpha value is -1.78. The van der Waals surface area contributed by atoms with E-state index in [0.717, 1.165) is 11.1 Å². The molecule has 0 spiro atoms. The van der Waals surface area contributed by atoms with E-state index >= 15 is 0 Å². The molecule has 0 saturated carbocycles. The Labute approximate surface area is 134 Å². The highest BCUT2D eigenvalue weighted by molar-refractivity contribution is 6.32. The van der Waals surface area contributed by atoms with Crippen molar-refractivity contribution in [3.63, 3.8) is 0 Å². The predicted molar refractivity (Wildman–Crippen MR) is 85.4 cm³/mol. The topological polar surface area (TPSA) is 51.2 Å². The minimum atomic E-state index is -0.140. The highest BCUT2D eigenvalue weighted by atomic mass is 35.5. The first-order chi connectivity index (χ1) is 9.61. The number of carbonyl (C=O) groups excluding carboxylic acids is 1. The highest BCUT2D eigenvalue weighted by Crippen LogP contribution is 2.27. The maximum atomic E-state index is 11.9. The zero-order valence-corrected chi connectivity index (χ0v) is 13.3.